The van der Waals surface area contributed by atoms with E-state index in [-0.39, 0.29) is 17.8 Å². The van der Waals surface area contributed by atoms with Crippen LogP contribution in [-0.4, -0.2) is 50.3 Å². The number of rotatable bonds is 5. The molecule has 0 saturated carbocycles. The molecule has 5 heteroatoms. The Bertz CT molecular complexity index is 427. The maximum absolute atomic E-state index is 12.8. The molecule has 0 spiro atoms. The van der Waals surface area contributed by atoms with Gasteiger partial charge in [-0.15, -0.1) is 0 Å². The van der Waals surface area contributed by atoms with Crippen LogP contribution < -0.4 is 0 Å². The Balaban J connectivity index is 1.81. The van der Waals surface area contributed by atoms with Gasteiger partial charge in [0.2, 0.25) is 0 Å². The lowest BCUT2D eigenvalue weighted by molar-refractivity contribution is -0.0122. The number of nitrogens with zero attached hydrogens (tertiary/aromatic N) is 1. The molecule has 0 N–H and O–H groups in total. The first-order valence-corrected chi connectivity index (χ1v) is 6.86. The van der Waals surface area contributed by atoms with Crippen molar-refractivity contribution in [1.29, 1.82) is 0 Å². The normalized spacial score (nSPS) is 16.4. The summed E-state index contributed by atoms with van der Waals surface area (Å²) in [5.74, 6) is -0.368. The number of carbonyl (C=O) groups excluding carboxylic acids is 1. The number of ether oxygens (including phenoxy) is 2. The molecule has 0 bridgehead atoms. The molecule has 0 aliphatic carbocycles. The van der Waals surface area contributed by atoms with Gasteiger partial charge >= 0.3 is 0 Å². The van der Waals surface area contributed by atoms with E-state index in [1.807, 2.05) is 0 Å². The Kier molecular flexibility index (Phi) is 5.49. The second-order valence-corrected chi connectivity index (χ2v) is 4.86. The number of benzene rings is 1. The van der Waals surface area contributed by atoms with Crippen LogP contribution in [0.5, 0.6) is 0 Å². The molecule has 110 valence electrons. The molecule has 2 rings (SSSR count). The molecule has 0 atom stereocenters. The molecule has 0 radical (unpaired) electrons. The SMILES string of the molecule is COCCOC1CCN(C(=O)c2ccc(F)cc2)CC1. The number of likely N-dealkylation sites (tertiary alicyclic amines) is 1. The third-order valence-electron chi connectivity index (χ3n) is 3.46. The lowest BCUT2D eigenvalue weighted by Crippen LogP contribution is -2.41. The van der Waals surface area contributed by atoms with Crippen molar-refractivity contribution >= 4 is 5.91 Å². The Hall–Kier alpha value is -1.46. The van der Waals surface area contributed by atoms with Crippen molar-refractivity contribution < 1.29 is 18.7 Å². The molecule has 1 aliphatic rings. The highest BCUT2D eigenvalue weighted by molar-refractivity contribution is 5.94. The molecule has 1 fully saturated rings. The Morgan fingerprint density at radius 3 is 2.50 bits per heavy atom. The summed E-state index contributed by atoms with van der Waals surface area (Å²) < 4.78 is 23.4. The van der Waals surface area contributed by atoms with E-state index in [4.69, 9.17) is 9.47 Å². The van der Waals surface area contributed by atoms with Gasteiger partial charge in [-0.2, -0.15) is 0 Å². The van der Waals surface area contributed by atoms with Gasteiger partial charge in [0.1, 0.15) is 5.82 Å². The monoisotopic (exact) mass is 281 g/mol. The van der Waals surface area contributed by atoms with E-state index in [2.05, 4.69) is 0 Å². The second kappa shape index (κ2) is 7.36. The Labute approximate surface area is 118 Å². The first kappa shape index (κ1) is 14.9. The van der Waals surface area contributed by atoms with Gasteiger partial charge in [0.15, 0.2) is 0 Å². The van der Waals surface area contributed by atoms with Crippen LogP contribution in [0.4, 0.5) is 4.39 Å². The van der Waals surface area contributed by atoms with Crippen molar-refractivity contribution in [1.82, 2.24) is 4.90 Å². The fraction of sp³-hybridized carbons (Fsp3) is 0.533. The van der Waals surface area contributed by atoms with E-state index < -0.39 is 0 Å². The molecule has 1 saturated heterocycles. The second-order valence-electron chi connectivity index (χ2n) is 4.86. The van der Waals surface area contributed by atoms with Crippen LogP contribution in [0.2, 0.25) is 0 Å². The minimum atomic E-state index is -0.327. The van der Waals surface area contributed by atoms with Gasteiger partial charge in [0.05, 0.1) is 19.3 Å². The molecule has 0 unspecified atom stereocenters. The van der Waals surface area contributed by atoms with Crippen molar-refractivity contribution in [3.05, 3.63) is 35.6 Å². The standard InChI is InChI=1S/C15H20FNO3/c1-19-10-11-20-14-6-8-17(9-7-14)15(18)12-2-4-13(16)5-3-12/h2-5,14H,6-11H2,1H3. The van der Waals surface area contributed by atoms with E-state index in [0.717, 1.165) is 12.8 Å². The number of carbonyl (C=O) groups is 1. The van der Waals surface area contributed by atoms with Crippen LogP contribution in [0.1, 0.15) is 23.2 Å². The smallest absolute Gasteiger partial charge is 0.253 e. The summed E-state index contributed by atoms with van der Waals surface area (Å²) in [5, 5.41) is 0. The number of hydrogen-bond donors (Lipinski definition) is 0. The van der Waals surface area contributed by atoms with Crippen molar-refractivity contribution in [2.45, 2.75) is 18.9 Å². The highest BCUT2D eigenvalue weighted by Gasteiger charge is 2.23. The molecule has 4 nitrogen and oxygen atoms in total. The zero-order valence-electron chi connectivity index (χ0n) is 11.7. The summed E-state index contributed by atoms with van der Waals surface area (Å²) in [7, 11) is 1.65. The highest BCUT2D eigenvalue weighted by atomic mass is 19.1. The maximum Gasteiger partial charge on any atom is 0.253 e. The van der Waals surface area contributed by atoms with Crippen LogP contribution in [0.25, 0.3) is 0 Å². The zero-order chi connectivity index (χ0) is 14.4. The first-order valence-electron chi connectivity index (χ1n) is 6.86. The van der Waals surface area contributed by atoms with Gasteiger partial charge in [0.25, 0.3) is 5.91 Å². The van der Waals surface area contributed by atoms with Gasteiger partial charge in [-0.1, -0.05) is 0 Å². The van der Waals surface area contributed by atoms with E-state index in [1.165, 1.54) is 24.3 Å². The van der Waals surface area contributed by atoms with Crippen LogP contribution >= 0.6 is 0 Å². The van der Waals surface area contributed by atoms with Crippen LogP contribution in [0.15, 0.2) is 24.3 Å². The predicted molar refractivity (Wildman–Crippen MR) is 73.2 cm³/mol. The molecule has 1 amide bonds. The summed E-state index contributed by atoms with van der Waals surface area (Å²) in [6.45, 7) is 2.53. The summed E-state index contributed by atoms with van der Waals surface area (Å²) in [4.78, 5) is 14.0. The Morgan fingerprint density at radius 2 is 1.90 bits per heavy atom. The molecule has 0 aromatic heterocycles. The average Bonchev–Trinajstić information content (AvgIpc) is 2.48. The average molecular weight is 281 g/mol. The number of halogens is 1. The van der Waals surface area contributed by atoms with Gasteiger partial charge in [-0.3, -0.25) is 4.79 Å². The van der Waals surface area contributed by atoms with E-state index in [9.17, 15) is 9.18 Å². The van der Waals surface area contributed by atoms with Crippen molar-refractivity contribution in [3.8, 4) is 0 Å². The minimum absolute atomic E-state index is 0.0414. The number of amides is 1. The number of piperidine rings is 1. The van der Waals surface area contributed by atoms with E-state index in [0.29, 0.717) is 31.9 Å². The van der Waals surface area contributed by atoms with Gasteiger partial charge < -0.3 is 14.4 Å². The van der Waals surface area contributed by atoms with Crippen molar-refractivity contribution in [3.63, 3.8) is 0 Å². The molecule has 20 heavy (non-hydrogen) atoms. The van der Waals surface area contributed by atoms with Crippen LogP contribution in [-0.2, 0) is 9.47 Å². The predicted octanol–water partition coefficient (Wildman–Crippen LogP) is 2.09. The summed E-state index contributed by atoms with van der Waals surface area (Å²) in [6, 6.07) is 5.68. The molecule has 1 aromatic carbocycles. The summed E-state index contributed by atoms with van der Waals surface area (Å²) in [6.07, 6.45) is 1.86. The fourth-order valence-corrected chi connectivity index (χ4v) is 2.30. The maximum atomic E-state index is 12.8. The first-order chi connectivity index (χ1) is 9.70. The molecular formula is C15H20FNO3. The Morgan fingerprint density at radius 1 is 1.25 bits per heavy atom. The van der Waals surface area contributed by atoms with Crippen LogP contribution in [0, 0.1) is 5.82 Å². The van der Waals surface area contributed by atoms with Gasteiger partial charge in [-0.25, -0.2) is 4.39 Å². The number of hydrogen-bond acceptors (Lipinski definition) is 3. The fourth-order valence-electron chi connectivity index (χ4n) is 2.30. The van der Waals surface area contributed by atoms with Gasteiger partial charge in [0, 0.05) is 25.8 Å². The van der Waals surface area contributed by atoms with Crippen molar-refractivity contribution in [2.24, 2.45) is 0 Å². The lowest BCUT2D eigenvalue weighted by atomic mass is 10.1. The third-order valence-corrected chi connectivity index (χ3v) is 3.46. The van der Waals surface area contributed by atoms with Crippen LogP contribution in [0.3, 0.4) is 0 Å². The topological polar surface area (TPSA) is 38.8 Å². The lowest BCUT2D eigenvalue weighted by Gasteiger charge is -2.32. The highest BCUT2D eigenvalue weighted by Crippen LogP contribution is 2.16. The largest absolute Gasteiger partial charge is 0.382 e. The van der Waals surface area contributed by atoms with Gasteiger partial charge in [-0.05, 0) is 37.1 Å². The zero-order valence-corrected chi connectivity index (χ0v) is 11.7. The molecule has 1 aliphatic heterocycles. The number of methoxy groups -OCH3 is 1. The molecular weight excluding hydrogens is 261 g/mol. The van der Waals surface area contributed by atoms with Crippen molar-refractivity contribution in [2.75, 3.05) is 33.4 Å². The third kappa shape index (κ3) is 4.02. The summed E-state index contributed by atoms with van der Waals surface area (Å²) in [5.41, 5.74) is 0.533. The quantitative estimate of drug-likeness (QED) is 0.776. The molecule has 1 heterocycles. The minimum Gasteiger partial charge on any atom is -0.382 e. The summed E-state index contributed by atoms with van der Waals surface area (Å²) >= 11 is 0. The molecule has 1 aromatic rings. The van der Waals surface area contributed by atoms with E-state index in [1.54, 1.807) is 12.0 Å². The van der Waals surface area contributed by atoms with E-state index >= 15 is 0 Å².